The molecule has 1 aromatic rings. The molecular formula is C14H18N2O3. The number of carbonyl (C=O) groups excluding carboxylic acids is 2. The van der Waals surface area contributed by atoms with Crippen LogP contribution < -0.4 is 15.4 Å². The Hall–Kier alpha value is -2.04. The molecule has 1 aromatic carbocycles. The summed E-state index contributed by atoms with van der Waals surface area (Å²) in [6.07, 6.45) is 2.57. The molecule has 1 atom stereocenters. The standard InChI is InChI=1S/C14H18N2O3/c17-13(10-19-11-6-2-1-3-7-11)16-12-8-4-5-9-15-14(12)18/h1-3,6-7,12H,4-5,8-10H2,(H,15,18)(H,16,17)/t12-/m1/s1. The second kappa shape index (κ2) is 6.78. The molecule has 0 aliphatic carbocycles. The highest BCUT2D eigenvalue weighted by atomic mass is 16.5. The number of carbonyl (C=O) groups is 2. The normalized spacial score (nSPS) is 19.2. The number of nitrogens with one attached hydrogen (secondary N) is 2. The molecule has 1 heterocycles. The molecule has 5 heteroatoms. The Morgan fingerprint density at radius 1 is 1.32 bits per heavy atom. The third-order valence-corrected chi connectivity index (χ3v) is 2.98. The molecule has 1 fully saturated rings. The van der Waals surface area contributed by atoms with E-state index in [4.69, 9.17) is 4.74 Å². The van der Waals surface area contributed by atoms with E-state index in [0.29, 0.717) is 18.7 Å². The van der Waals surface area contributed by atoms with E-state index < -0.39 is 6.04 Å². The first-order valence-electron chi connectivity index (χ1n) is 6.50. The third kappa shape index (κ3) is 4.28. The Labute approximate surface area is 112 Å². The lowest BCUT2D eigenvalue weighted by atomic mass is 10.1. The van der Waals surface area contributed by atoms with Crippen LogP contribution in [0.2, 0.25) is 0 Å². The minimum Gasteiger partial charge on any atom is -0.484 e. The van der Waals surface area contributed by atoms with Crippen molar-refractivity contribution < 1.29 is 14.3 Å². The fourth-order valence-electron chi connectivity index (χ4n) is 1.98. The fourth-order valence-corrected chi connectivity index (χ4v) is 1.98. The van der Waals surface area contributed by atoms with Gasteiger partial charge in [0.05, 0.1) is 0 Å². The van der Waals surface area contributed by atoms with Crippen molar-refractivity contribution in [2.24, 2.45) is 0 Å². The van der Waals surface area contributed by atoms with Crippen molar-refractivity contribution in [1.29, 1.82) is 0 Å². The van der Waals surface area contributed by atoms with Gasteiger partial charge in [-0.1, -0.05) is 18.2 Å². The fraction of sp³-hybridized carbons (Fsp3) is 0.429. The van der Waals surface area contributed by atoms with Crippen LogP contribution in [-0.4, -0.2) is 31.0 Å². The van der Waals surface area contributed by atoms with E-state index in [2.05, 4.69) is 10.6 Å². The first kappa shape index (κ1) is 13.4. The molecule has 19 heavy (non-hydrogen) atoms. The van der Waals surface area contributed by atoms with E-state index in [1.807, 2.05) is 18.2 Å². The molecule has 0 unspecified atom stereocenters. The summed E-state index contributed by atoms with van der Waals surface area (Å²) >= 11 is 0. The van der Waals surface area contributed by atoms with Gasteiger partial charge in [-0.15, -0.1) is 0 Å². The molecule has 1 aliphatic heterocycles. The zero-order chi connectivity index (χ0) is 13.5. The number of hydrogen-bond acceptors (Lipinski definition) is 3. The zero-order valence-electron chi connectivity index (χ0n) is 10.7. The monoisotopic (exact) mass is 262 g/mol. The van der Waals surface area contributed by atoms with Crippen LogP contribution in [0.15, 0.2) is 30.3 Å². The highest BCUT2D eigenvalue weighted by molar-refractivity contribution is 5.88. The van der Waals surface area contributed by atoms with Crippen LogP contribution in [0.1, 0.15) is 19.3 Å². The molecule has 102 valence electrons. The van der Waals surface area contributed by atoms with Crippen LogP contribution >= 0.6 is 0 Å². The summed E-state index contributed by atoms with van der Waals surface area (Å²) < 4.78 is 5.33. The summed E-state index contributed by atoms with van der Waals surface area (Å²) in [5.41, 5.74) is 0. The quantitative estimate of drug-likeness (QED) is 0.845. The molecule has 0 aromatic heterocycles. The van der Waals surface area contributed by atoms with Gasteiger partial charge in [-0.2, -0.15) is 0 Å². The first-order chi connectivity index (χ1) is 9.25. The van der Waals surface area contributed by atoms with Crippen molar-refractivity contribution in [3.63, 3.8) is 0 Å². The van der Waals surface area contributed by atoms with Gasteiger partial charge in [0.2, 0.25) is 5.91 Å². The number of para-hydroxylation sites is 1. The second-order valence-electron chi connectivity index (χ2n) is 4.51. The highest BCUT2D eigenvalue weighted by Gasteiger charge is 2.22. The second-order valence-corrected chi connectivity index (χ2v) is 4.51. The van der Waals surface area contributed by atoms with Gasteiger partial charge >= 0.3 is 0 Å². The molecule has 0 spiro atoms. The van der Waals surface area contributed by atoms with Gasteiger partial charge in [-0.05, 0) is 31.4 Å². The van der Waals surface area contributed by atoms with Gasteiger partial charge < -0.3 is 15.4 Å². The average molecular weight is 262 g/mol. The van der Waals surface area contributed by atoms with Crippen molar-refractivity contribution in [2.45, 2.75) is 25.3 Å². The van der Waals surface area contributed by atoms with Gasteiger partial charge in [0.25, 0.3) is 5.91 Å². The van der Waals surface area contributed by atoms with Gasteiger partial charge in [0, 0.05) is 6.54 Å². The van der Waals surface area contributed by atoms with Crippen LogP contribution in [0.5, 0.6) is 5.75 Å². The third-order valence-electron chi connectivity index (χ3n) is 2.98. The summed E-state index contributed by atoms with van der Waals surface area (Å²) in [7, 11) is 0. The largest absolute Gasteiger partial charge is 0.484 e. The molecule has 0 saturated carbocycles. The Bertz CT molecular complexity index is 434. The number of hydrogen-bond donors (Lipinski definition) is 2. The molecule has 1 aliphatic rings. The minimum atomic E-state index is -0.436. The van der Waals surface area contributed by atoms with E-state index in [9.17, 15) is 9.59 Å². The van der Waals surface area contributed by atoms with Crippen LogP contribution in [0, 0.1) is 0 Å². The maximum atomic E-state index is 11.7. The van der Waals surface area contributed by atoms with Crippen molar-refractivity contribution in [1.82, 2.24) is 10.6 Å². The number of rotatable bonds is 4. The molecule has 0 bridgehead atoms. The Balaban J connectivity index is 1.79. The Morgan fingerprint density at radius 2 is 2.11 bits per heavy atom. The Kier molecular flexibility index (Phi) is 4.78. The van der Waals surface area contributed by atoms with Crippen molar-refractivity contribution in [3.8, 4) is 5.75 Å². The summed E-state index contributed by atoms with van der Waals surface area (Å²) in [4.78, 5) is 23.4. The van der Waals surface area contributed by atoms with Crippen molar-refractivity contribution >= 4 is 11.8 Å². The average Bonchev–Trinajstić information content (AvgIpc) is 2.63. The van der Waals surface area contributed by atoms with E-state index in [0.717, 1.165) is 12.8 Å². The van der Waals surface area contributed by atoms with Gasteiger partial charge in [-0.3, -0.25) is 9.59 Å². The zero-order valence-corrected chi connectivity index (χ0v) is 10.7. The lowest BCUT2D eigenvalue weighted by molar-refractivity contribution is -0.129. The van der Waals surface area contributed by atoms with Crippen molar-refractivity contribution in [2.75, 3.05) is 13.2 Å². The first-order valence-corrected chi connectivity index (χ1v) is 6.50. The molecule has 0 radical (unpaired) electrons. The smallest absolute Gasteiger partial charge is 0.258 e. The Morgan fingerprint density at radius 3 is 2.89 bits per heavy atom. The number of benzene rings is 1. The predicted molar refractivity (Wildman–Crippen MR) is 70.7 cm³/mol. The number of ether oxygens (including phenoxy) is 1. The van der Waals surface area contributed by atoms with Crippen molar-refractivity contribution in [3.05, 3.63) is 30.3 Å². The predicted octanol–water partition coefficient (Wildman–Crippen LogP) is 0.850. The molecule has 5 nitrogen and oxygen atoms in total. The molecule has 2 amide bonds. The van der Waals surface area contributed by atoms with Gasteiger partial charge in [-0.25, -0.2) is 0 Å². The summed E-state index contributed by atoms with van der Waals surface area (Å²) in [6, 6.07) is 8.69. The topological polar surface area (TPSA) is 67.4 Å². The van der Waals surface area contributed by atoms with E-state index in [-0.39, 0.29) is 18.4 Å². The molecular weight excluding hydrogens is 244 g/mol. The van der Waals surface area contributed by atoms with Crippen LogP contribution in [0.3, 0.4) is 0 Å². The highest BCUT2D eigenvalue weighted by Crippen LogP contribution is 2.08. The lowest BCUT2D eigenvalue weighted by Crippen LogP contribution is -2.46. The van der Waals surface area contributed by atoms with Crippen LogP contribution in [0.25, 0.3) is 0 Å². The summed E-state index contributed by atoms with van der Waals surface area (Å²) in [6.45, 7) is 0.611. The SMILES string of the molecule is O=C(COc1ccccc1)N[C@@H]1CCCCNC1=O. The van der Waals surface area contributed by atoms with E-state index in [1.54, 1.807) is 12.1 Å². The van der Waals surface area contributed by atoms with Gasteiger partial charge in [0.1, 0.15) is 11.8 Å². The maximum absolute atomic E-state index is 11.7. The maximum Gasteiger partial charge on any atom is 0.258 e. The molecule has 2 N–H and O–H groups in total. The molecule has 1 saturated heterocycles. The summed E-state index contributed by atoms with van der Waals surface area (Å²) in [5, 5.41) is 5.48. The number of amides is 2. The lowest BCUT2D eigenvalue weighted by Gasteiger charge is -2.15. The van der Waals surface area contributed by atoms with Crippen LogP contribution in [0.4, 0.5) is 0 Å². The van der Waals surface area contributed by atoms with E-state index in [1.165, 1.54) is 0 Å². The van der Waals surface area contributed by atoms with E-state index >= 15 is 0 Å². The van der Waals surface area contributed by atoms with Gasteiger partial charge in [0.15, 0.2) is 6.61 Å². The summed E-state index contributed by atoms with van der Waals surface area (Å²) in [5.74, 6) is 0.263. The minimum absolute atomic E-state index is 0.0756. The molecule has 2 rings (SSSR count). The van der Waals surface area contributed by atoms with Crippen LogP contribution in [-0.2, 0) is 9.59 Å².